The molecule has 2 aromatic rings. The van der Waals surface area contributed by atoms with Crippen LogP contribution in [0.4, 0.5) is 0 Å². The number of carbonyl (C=O) groups is 1. The van der Waals surface area contributed by atoms with E-state index in [-0.39, 0.29) is 11.8 Å². The number of amides is 1. The lowest BCUT2D eigenvalue weighted by Crippen LogP contribution is -2.32. The molecule has 1 amide bonds. The molecule has 1 unspecified atom stereocenters. The van der Waals surface area contributed by atoms with Gasteiger partial charge < -0.3 is 10.6 Å². The Morgan fingerprint density at radius 3 is 2.33 bits per heavy atom. The molecule has 0 spiro atoms. The number of nitrogens with zero attached hydrogens (tertiary/aromatic N) is 1. The van der Waals surface area contributed by atoms with E-state index in [2.05, 4.69) is 0 Å². The first-order valence-electron chi connectivity index (χ1n) is 7.56. The molecule has 1 atom stereocenters. The zero-order valence-electron chi connectivity index (χ0n) is 13.3. The molecular weight excluding hydrogens is 367 g/mol. The van der Waals surface area contributed by atoms with E-state index in [4.69, 9.17) is 40.5 Å². The predicted molar refractivity (Wildman–Crippen MR) is 101 cm³/mol. The van der Waals surface area contributed by atoms with Crippen molar-refractivity contribution in [3.05, 3.63) is 68.7 Å². The first kappa shape index (κ1) is 19.1. The number of rotatable bonds is 6. The summed E-state index contributed by atoms with van der Waals surface area (Å²) in [5.74, 6) is -0.351. The average molecular weight is 386 g/mol. The van der Waals surface area contributed by atoms with Crippen LogP contribution in [-0.2, 0) is 11.3 Å². The molecule has 0 fully saturated rings. The highest BCUT2D eigenvalue weighted by molar-refractivity contribution is 6.42. The third kappa shape index (κ3) is 4.87. The maximum atomic E-state index is 12.9. The third-order valence-electron chi connectivity index (χ3n) is 3.81. The van der Waals surface area contributed by atoms with Gasteiger partial charge in [-0.3, -0.25) is 4.79 Å². The van der Waals surface area contributed by atoms with Crippen molar-refractivity contribution in [3.8, 4) is 0 Å². The Morgan fingerprint density at radius 2 is 1.75 bits per heavy atom. The van der Waals surface area contributed by atoms with Gasteiger partial charge in [-0.2, -0.15) is 0 Å². The quantitative estimate of drug-likeness (QED) is 0.781. The van der Waals surface area contributed by atoms with Crippen molar-refractivity contribution < 1.29 is 4.79 Å². The molecular formula is C18H19Cl3N2O. The zero-order valence-corrected chi connectivity index (χ0v) is 15.6. The van der Waals surface area contributed by atoms with E-state index < -0.39 is 0 Å². The maximum absolute atomic E-state index is 12.9. The van der Waals surface area contributed by atoms with Crippen molar-refractivity contribution in [2.75, 3.05) is 13.6 Å². The first-order valence-corrected chi connectivity index (χ1v) is 8.70. The van der Waals surface area contributed by atoms with Crippen LogP contribution >= 0.6 is 34.8 Å². The van der Waals surface area contributed by atoms with E-state index in [9.17, 15) is 4.79 Å². The maximum Gasteiger partial charge on any atom is 0.230 e. The number of benzene rings is 2. The first-order chi connectivity index (χ1) is 11.4. The molecule has 0 bridgehead atoms. The lowest BCUT2D eigenvalue weighted by atomic mass is 9.94. The summed E-state index contributed by atoms with van der Waals surface area (Å²) in [6.45, 7) is 0.907. The van der Waals surface area contributed by atoms with Crippen LogP contribution in [0.2, 0.25) is 15.1 Å². The fourth-order valence-corrected chi connectivity index (χ4v) is 2.97. The normalized spacial score (nSPS) is 12.0. The molecule has 24 heavy (non-hydrogen) atoms. The molecule has 2 N–H and O–H groups in total. The van der Waals surface area contributed by atoms with Gasteiger partial charge in [-0.15, -0.1) is 0 Å². The van der Waals surface area contributed by atoms with Gasteiger partial charge >= 0.3 is 0 Å². The standard InChI is InChI=1S/C18H19Cl3N2O/c1-23(11-12-2-5-14(19)6-3-12)18(24)15(8-9-22)13-4-7-16(20)17(21)10-13/h2-7,10,15H,8-9,11,22H2,1H3. The molecule has 6 heteroatoms. The topological polar surface area (TPSA) is 46.3 Å². The van der Waals surface area contributed by atoms with Crippen LogP contribution in [0.25, 0.3) is 0 Å². The molecule has 0 heterocycles. The fraction of sp³-hybridized carbons (Fsp3) is 0.278. The molecule has 2 rings (SSSR count). The summed E-state index contributed by atoms with van der Waals surface area (Å²) in [5.41, 5.74) is 7.53. The number of nitrogens with two attached hydrogens (primary N) is 1. The Bertz CT molecular complexity index is 704. The monoisotopic (exact) mass is 384 g/mol. The second kappa shape index (κ2) is 8.72. The van der Waals surface area contributed by atoms with Crippen LogP contribution in [0.15, 0.2) is 42.5 Å². The van der Waals surface area contributed by atoms with Crippen molar-refractivity contribution in [3.63, 3.8) is 0 Å². The average Bonchev–Trinajstić information content (AvgIpc) is 2.56. The van der Waals surface area contributed by atoms with Crippen LogP contribution < -0.4 is 5.73 Å². The lowest BCUT2D eigenvalue weighted by molar-refractivity contribution is -0.132. The van der Waals surface area contributed by atoms with Gasteiger partial charge in [-0.05, 0) is 48.4 Å². The Labute approximate surface area is 157 Å². The summed E-state index contributed by atoms with van der Waals surface area (Å²) in [7, 11) is 1.78. The molecule has 0 aliphatic heterocycles. The molecule has 3 nitrogen and oxygen atoms in total. The van der Waals surface area contributed by atoms with E-state index >= 15 is 0 Å². The van der Waals surface area contributed by atoms with E-state index in [0.29, 0.717) is 34.6 Å². The van der Waals surface area contributed by atoms with Gasteiger partial charge in [0.1, 0.15) is 0 Å². The zero-order chi connectivity index (χ0) is 17.7. The minimum Gasteiger partial charge on any atom is -0.341 e. The van der Waals surface area contributed by atoms with Crippen molar-refractivity contribution in [2.24, 2.45) is 5.73 Å². The smallest absolute Gasteiger partial charge is 0.230 e. The summed E-state index contributed by atoms with van der Waals surface area (Å²) in [5, 5.41) is 1.57. The second-order valence-corrected chi connectivity index (χ2v) is 6.88. The summed E-state index contributed by atoms with van der Waals surface area (Å²) in [4.78, 5) is 14.6. The van der Waals surface area contributed by atoms with Crippen molar-refractivity contribution in [2.45, 2.75) is 18.9 Å². The van der Waals surface area contributed by atoms with E-state index in [0.717, 1.165) is 11.1 Å². The highest BCUT2D eigenvalue weighted by atomic mass is 35.5. The van der Waals surface area contributed by atoms with Crippen LogP contribution in [0.3, 0.4) is 0 Å². The van der Waals surface area contributed by atoms with E-state index in [1.807, 2.05) is 30.3 Å². The highest BCUT2D eigenvalue weighted by Gasteiger charge is 2.24. The highest BCUT2D eigenvalue weighted by Crippen LogP contribution is 2.29. The molecule has 0 saturated heterocycles. The SMILES string of the molecule is CN(Cc1ccc(Cl)cc1)C(=O)C(CCN)c1ccc(Cl)c(Cl)c1. The van der Waals surface area contributed by atoms with Crippen LogP contribution in [-0.4, -0.2) is 24.4 Å². The minimum absolute atomic E-state index is 0.00575. The van der Waals surface area contributed by atoms with Gasteiger partial charge in [0.15, 0.2) is 0 Å². The van der Waals surface area contributed by atoms with Crippen molar-refractivity contribution in [1.82, 2.24) is 4.90 Å². The molecule has 2 aromatic carbocycles. The largest absolute Gasteiger partial charge is 0.341 e. The molecule has 0 aromatic heterocycles. The number of hydrogen-bond acceptors (Lipinski definition) is 2. The van der Waals surface area contributed by atoms with Crippen LogP contribution in [0.1, 0.15) is 23.5 Å². The lowest BCUT2D eigenvalue weighted by Gasteiger charge is -2.24. The summed E-state index contributed by atoms with van der Waals surface area (Å²) in [6, 6.07) is 12.7. The molecule has 0 aliphatic rings. The summed E-state index contributed by atoms with van der Waals surface area (Å²) >= 11 is 17.9. The number of likely N-dealkylation sites (N-methyl/N-ethyl adjacent to an activating group) is 1. The minimum atomic E-state index is -0.345. The van der Waals surface area contributed by atoms with Gasteiger partial charge in [-0.25, -0.2) is 0 Å². The second-order valence-electron chi connectivity index (χ2n) is 5.62. The molecule has 0 radical (unpaired) electrons. The van der Waals surface area contributed by atoms with Gasteiger partial charge in [0.25, 0.3) is 0 Å². The summed E-state index contributed by atoms with van der Waals surface area (Å²) in [6.07, 6.45) is 0.543. The number of halogens is 3. The molecule has 0 aliphatic carbocycles. The number of hydrogen-bond donors (Lipinski definition) is 1. The van der Waals surface area contributed by atoms with Crippen molar-refractivity contribution in [1.29, 1.82) is 0 Å². The van der Waals surface area contributed by atoms with Crippen molar-refractivity contribution >= 4 is 40.7 Å². The molecule has 0 saturated carbocycles. The number of carbonyl (C=O) groups excluding carboxylic acids is 1. The Morgan fingerprint density at radius 1 is 1.08 bits per heavy atom. The Hall–Kier alpha value is -1.26. The van der Waals surface area contributed by atoms with E-state index in [1.165, 1.54) is 0 Å². The van der Waals surface area contributed by atoms with Gasteiger partial charge in [-0.1, -0.05) is 53.0 Å². The van der Waals surface area contributed by atoms with Crippen LogP contribution in [0, 0.1) is 0 Å². The predicted octanol–water partition coefficient (Wildman–Crippen LogP) is 4.74. The van der Waals surface area contributed by atoms with Crippen LogP contribution in [0.5, 0.6) is 0 Å². The fourth-order valence-electron chi connectivity index (χ4n) is 2.54. The van der Waals surface area contributed by atoms with Gasteiger partial charge in [0.2, 0.25) is 5.91 Å². The Kier molecular flexibility index (Phi) is 6.93. The van der Waals surface area contributed by atoms with Gasteiger partial charge in [0.05, 0.1) is 16.0 Å². The third-order valence-corrected chi connectivity index (χ3v) is 4.80. The molecule has 128 valence electrons. The van der Waals surface area contributed by atoms with E-state index in [1.54, 1.807) is 24.1 Å². The van der Waals surface area contributed by atoms with Gasteiger partial charge in [0, 0.05) is 18.6 Å². The Balaban J connectivity index is 2.17. The summed E-state index contributed by atoms with van der Waals surface area (Å²) < 4.78 is 0.